The minimum absolute atomic E-state index is 0.173. The topological polar surface area (TPSA) is 102 Å². The van der Waals surface area contributed by atoms with Crippen molar-refractivity contribution in [1.82, 2.24) is 4.98 Å². The summed E-state index contributed by atoms with van der Waals surface area (Å²) in [5.74, 6) is 0. The zero-order valence-corrected chi connectivity index (χ0v) is 13.4. The average Bonchev–Trinajstić information content (AvgIpc) is 2.55. The van der Waals surface area contributed by atoms with Gasteiger partial charge in [0.25, 0.3) is 15.7 Å². The molecule has 0 fully saturated rings. The number of sulfonamides is 1. The summed E-state index contributed by atoms with van der Waals surface area (Å²) in [4.78, 5) is 14.4. The van der Waals surface area contributed by atoms with Crippen molar-refractivity contribution in [2.24, 2.45) is 0 Å². The van der Waals surface area contributed by atoms with Gasteiger partial charge in [0.1, 0.15) is 0 Å². The Hall–Kier alpha value is -3.00. The van der Waals surface area contributed by atoms with Crippen molar-refractivity contribution in [3.05, 3.63) is 70.4 Å². The van der Waals surface area contributed by atoms with Gasteiger partial charge in [0, 0.05) is 23.2 Å². The van der Waals surface area contributed by atoms with Crippen LogP contribution < -0.4 is 4.72 Å². The van der Waals surface area contributed by atoms with Crippen LogP contribution in [0.2, 0.25) is 0 Å². The predicted octanol–water partition coefficient (Wildman–Crippen LogP) is 3.25. The van der Waals surface area contributed by atoms with Crippen LogP contribution in [-0.2, 0) is 10.0 Å². The van der Waals surface area contributed by atoms with Crippen molar-refractivity contribution < 1.29 is 13.3 Å². The molecule has 122 valence electrons. The first-order chi connectivity index (χ1) is 11.4. The van der Waals surface area contributed by atoms with Crippen LogP contribution in [0.5, 0.6) is 0 Å². The van der Waals surface area contributed by atoms with Crippen LogP contribution in [0.1, 0.15) is 5.56 Å². The molecule has 1 heterocycles. The summed E-state index contributed by atoms with van der Waals surface area (Å²) in [5, 5.41) is 11.8. The number of anilines is 1. The van der Waals surface area contributed by atoms with E-state index < -0.39 is 14.9 Å². The summed E-state index contributed by atoms with van der Waals surface area (Å²) in [5.41, 5.74) is 0.973. The van der Waals surface area contributed by atoms with Gasteiger partial charge in [0.15, 0.2) is 0 Å². The molecule has 2 aromatic carbocycles. The van der Waals surface area contributed by atoms with Gasteiger partial charge in [0.2, 0.25) is 0 Å². The lowest BCUT2D eigenvalue weighted by atomic mass is 10.2. The second kappa shape index (κ2) is 5.89. The van der Waals surface area contributed by atoms with Gasteiger partial charge in [0.05, 0.1) is 21.0 Å². The molecule has 0 aliphatic heterocycles. The molecule has 1 aromatic heterocycles. The van der Waals surface area contributed by atoms with E-state index in [0.29, 0.717) is 16.8 Å². The number of benzene rings is 2. The monoisotopic (exact) mass is 343 g/mol. The van der Waals surface area contributed by atoms with E-state index in [4.69, 9.17) is 0 Å². The Morgan fingerprint density at radius 1 is 1.12 bits per heavy atom. The fourth-order valence-electron chi connectivity index (χ4n) is 2.34. The second-order valence-corrected chi connectivity index (χ2v) is 6.87. The Morgan fingerprint density at radius 2 is 1.88 bits per heavy atom. The molecule has 0 aliphatic carbocycles. The number of nitrogens with one attached hydrogen (secondary N) is 1. The van der Waals surface area contributed by atoms with Crippen LogP contribution in [0.25, 0.3) is 10.9 Å². The Balaban J connectivity index is 2.05. The molecule has 0 saturated heterocycles. The summed E-state index contributed by atoms with van der Waals surface area (Å²) in [7, 11) is -3.97. The third-order valence-electron chi connectivity index (χ3n) is 3.56. The number of para-hydroxylation sites is 1. The zero-order chi connectivity index (χ0) is 17.3. The standard InChI is InChI=1S/C16H13N3O4S/c1-11-7-8-13(10-15(11)19(20)21)24(22,23)18-14-6-2-4-12-5-3-9-17-16(12)14/h2-10,18H,1H3. The van der Waals surface area contributed by atoms with Gasteiger partial charge in [-0.15, -0.1) is 0 Å². The Labute approximate surface area is 138 Å². The number of rotatable bonds is 4. The van der Waals surface area contributed by atoms with Crippen LogP contribution in [0.4, 0.5) is 11.4 Å². The number of hydrogen-bond donors (Lipinski definition) is 1. The number of nitro benzene ring substituents is 1. The lowest BCUT2D eigenvalue weighted by molar-refractivity contribution is -0.385. The van der Waals surface area contributed by atoms with E-state index >= 15 is 0 Å². The fourth-order valence-corrected chi connectivity index (χ4v) is 3.43. The average molecular weight is 343 g/mol. The molecule has 0 unspecified atom stereocenters. The predicted molar refractivity (Wildman–Crippen MR) is 90.4 cm³/mol. The molecular weight excluding hydrogens is 330 g/mol. The van der Waals surface area contributed by atoms with Crippen molar-refractivity contribution in [2.45, 2.75) is 11.8 Å². The molecule has 0 atom stereocenters. The summed E-state index contributed by atoms with van der Waals surface area (Å²) in [6.45, 7) is 1.55. The summed E-state index contributed by atoms with van der Waals surface area (Å²) < 4.78 is 27.6. The molecule has 0 spiro atoms. The van der Waals surface area contributed by atoms with Gasteiger partial charge < -0.3 is 0 Å². The molecule has 0 aliphatic rings. The first-order valence-electron chi connectivity index (χ1n) is 7.00. The molecule has 0 amide bonds. The molecule has 1 N–H and O–H groups in total. The highest BCUT2D eigenvalue weighted by atomic mass is 32.2. The van der Waals surface area contributed by atoms with E-state index in [0.717, 1.165) is 11.5 Å². The largest absolute Gasteiger partial charge is 0.277 e. The second-order valence-electron chi connectivity index (χ2n) is 5.19. The van der Waals surface area contributed by atoms with Gasteiger partial charge in [-0.3, -0.25) is 19.8 Å². The Bertz CT molecular complexity index is 1040. The molecule has 0 radical (unpaired) electrons. The number of hydrogen-bond acceptors (Lipinski definition) is 5. The first kappa shape index (κ1) is 15.9. The maximum atomic E-state index is 12.6. The number of nitrogens with zero attached hydrogens (tertiary/aromatic N) is 2. The van der Waals surface area contributed by atoms with Crippen LogP contribution in [0.15, 0.2) is 59.6 Å². The molecular formula is C16H13N3O4S. The minimum atomic E-state index is -3.97. The van der Waals surface area contributed by atoms with Gasteiger partial charge in [-0.1, -0.05) is 24.3 Å². The zero-order valence-electron chi connectivity index (χ0n) is 12.6. The minimum Gasteiger partial charge on any atom is -0.277 e. The number of nitro groups is 1. The number of aromatic nitrogens is 1. The Kier molecular flexibility index (Phi) is 3.90. The lowest BCUT2D eigenvalue weighted by Gasteiger charge is -2.10. The van der Waals surface area contributed by atoms with Crippen molar-refractivity contribution >= 4 is 32.3 Å². The molecule has 3 rings (SSSR count). The van der Waals surface area contributed by atoms with Crippen molar-refractivity contribution in [3.8, 4) is 0 Å². The van der Waals surface area contributed by atoms with Crippen LogP contribution in [0, 0.1) is 17.0 Å². The third kappa shape index (κ3) is 2.91. The van der Waals surface area contributed by atoms with E-state index in [1.807, 2.05) is 12.1 Å². The van der Waals surface area contributed by atoms with Crippen molar-refractivity contribution in [2.75, 3.05) is 4.72 Å². The molecule has 0 saturated carbocycles. The summed E-state index contributed by atoms with van der Waals surface area (Å²) in [6.07, 6.45) is 1.57. The van der Waals surface area contributed by atoms with Crippen molar-refractivity contribution in [3.63, 3.8) is 0 Å². The quantitative estimate of drug-likeness (QED) is 0.578. The van der Waals surface area contributed by atoms with Gasteiger partial charge in [-0.05, 0) is 25.1 Å². The van der Waals surface area contributed by atoms with E-state index in [1.165, 1.54) is 12.1 Å². The summed E-state index contributed by atoms with van der Waals surface area (Å²) >= 11 is 0. The third-order valence-corrected chi connectivity index (χ3v) is 4.93. The SMILES string of the molecule is Cc1ccc(S(=O)(=O)Nc2cccc3cccnc23)cc1[N+](=O)[O-]. The highest BCUT2D eigenvalue weighted by Crippen LogP contribution is 2.26. The van der Waals surface area contributed by atoms with Gasteiger partial charge in [-0.2, -0.15) is 0 Å². The van der Waals surface area contributed by atoms with E-state index in [1.54, 1.807) is 31.3 Å². The van der Waals surface area contributed by atoms with Gasteiger partial charge >= 0.3 is 0 Å². The van der Waals surface area contributed by atoms with Crippen LogP contribution >= 0.6 is 0 Å². The van der Waals surface area contributed by atoms with Gasteiger partial charge in [-0.25, -0.2) is 8.42 Å². The maximum Gasteiger partial charge on any atom is 0.273 e. The molecule has 0 bridgehead atoms. The highest BCUT2D eigenvalue weighted by Gasteiger charge is 2.20. The van der Waals surface area contributed by atoms with E-state index in [9.17, 15) is 18.5 Å². The van der Waals surface area contributed by atoms with Crippen molar-refractivity contribution in [1.29, 1.82) is 0 Å². The molecule has 8 heteroatoms. The maximum absolute atomic E-state index is 12.6. The van der Waals surface area contributed by atoms with E-state index in [-0.39, 0.29) is 10.6 Å². The smallest absolute Gasteiger partial charge is 0.273 e. The fraction of sp³-hybridized carbons (Fsp3) is 0.0625. The molecule has 24 heavy (non-hydrogen) atoms. The normalized spacial score (nSPS) is 11.4. The first-order valence-corrected chi connectivity index (χ1v) is 8.48. The van der Waals surface area contributed by atoms with E-state index in [2.05, 4.69) is 9.71 Å². The van der Waals surface area contributed by atoms with Crippen LogP contribution in [-0.4, -0.2) is 18.3 Å². The molecule has 7 nitrogen and oxygen atoms in total. The number of fused-ring (bicyclic) bond motifs is 1. The number of aryl methyl sites for hydroxylation is 1. The molecule has 3 aromatic rings. The highest BCUT2D eigenvalue weighted by molar-refractivity contribution is 7.92. The summed E-state index contributed by atoms with van der Waals surface area (Å²) in [6, 6.07) is 12.5. The number of pyridine rings is 1. The lowest BCUT2D eigenvalue weighted by Crippen LogP contribution is -2.14. The van der Waals surface area contributed by atoms with Crippen LogP contribution in [0.3, 0.4) is 0 Å². The Morgan fingerprint density at radius 3 is 2.62 bits per heavy atom.